The van der Waals surface area contributed by atoms with Gasteiger partial charge in [-0.2, -0.15) is 0 Å². The molecule has 0 bridgehead atoms. The standard InChI is InChI=1S/C11H10O4/c1-5-4-8(10(12)13)6(2)7(3)9(5)11(14)15/h4,9H,1-3H2,(H,12,13)(H,14,15). The lowest BCUT2D eigenvalue weighted by molar-refractivity contribution is -0.139. The molecule has 1 unspecified atom stereocenters. The molecule has 0 amide bonds. The molecule has 78 valence electrons. The fraction of sp³-hybridized carbons (Fsp3) is 0.0909. The predicted molar refractivity (Wildman–Crippen MR) is 54.3 cm³/mol. The van der Waals surface area contributed by atoms with Crippen LogP contribution in [0.4, 0.5) is 0 Å². The fourth-order valence-corrected chi connectivity index (χ4v) is 1.43. The summed E-state index contributed by atoms with van der Waals surface area (Å²) in [5.41, 5.74) is 0.467. The number of carboxylic acids is 2. The normalized spacial score (nSPS) is 21.2. The minimum atomic E-state index is -1.16. The van der Waals surface area contributed by atoms with Crippen LogP contribution in [0.3, 0.4) is 0 Å². The quantitative estimate of drug-likeness (QED) is 0.715. The monoisotopic (exact) mass is 206 g/mol. The number of rotatable bonds is 2. The maximum Gasteiger partial charge on any atom is 0.336 e. The summed E-state index contributed by atoms with van der Waals surface area (Å²) >= 11 is 0. The molecule has 0 saturated heterocycles. The lowest BCUT2D eigenvalue weighted by atomic mass is 9.79. The molecule has 0 heterocycles. The SMILES string of the molecule is C=C1C(=C)C(C(=O)O)C(=C)C=C1C(=O)O. The predicted octanol–water partition coefficient (Wildman–Crippen LogP) is 1.38. The van der Waals surface area contributed by atoms with Gasteiger partial charge in [-0.3, -0.25) is 4.79 Å². The van der Waals surface area contributed by atoms with E-state index in [1.54, 1.807) is 0 Å². The van der Waals surface area contributed by atoms with Crippen molar-refractivity contribution in [2.24, 2.45) is 5.92 Å². The van der Waals surface area contributed by atoms with Crippen molar-refractivity contribution < 1.29 is 19.8 Å². The van der Waals surface area contributed by atoms with E-state index in [2.05, 4.69) is 19.7 Å². The second kappa shape index (κ2) is 3.57. The van der Waals surface area contributed by atoms with Crippen molar-refractivity contribution >= 4 is 11.9 Å². The molecular weight excluding hydrogens is 196 g/mol. The van der Waals surface area contributed by atoms with Crippen molar-refractivity contribution in [2.45, 2.75) is 0 Å². The third kappa shape index (κ3) is 1.74. The fourth-order valence-electron chi connectivity index (χ4n) is 1.43. The first kappa shape index (κ1) is 11.0. The first-order chi connectivity index (χ1) is 6.86. The summed E-state index contributed by atoms with van der Waals surface area (Å²) in [5, 5.41) is 17.7. The molecule has 15 heavy (non-hydrogen) atoms. The van der Waals surface area contributed by atoms with Crippen LogP contribution in [0.5, 0.6) is 0 Å². The first-order valence-electron chi connectivity index (χ1n) is 4.11. The first-order valence-corrected chi connectivity index (χ1v) is 4.11. The van der Waals surface area contributed by atoms with Crippen LogP contribution in [0.1, 0.15) is 0 Å². The summed E-state index contributed by atoms with van der Waals surface area (Å²) in [4.78, 5) is 21.6. The Morgan fingerprint density at radius 2 is 1.73 bits per heavy atom. The van der Waals surface area contributed by atoms with Gasteiger partial charge in [0.2, 0.25) is 0 Å². The zero-order chi connectivity index (χ0) is 11.7. The molecule has 1 aliphatic carbocycles. The molecule has 2 N–H and O–H groups in total. The second-order valence-corrected chi connectivity index (χ2v) is 3.21. The third-order valence-corrected chi connectivity index (χ3v) is 2.24. The van der Waals surface area contributed by atoms with Crippen molar-refractivity contribution in [3.63, 3.8) is 0 Å². The summed E-state index contributed by atoms with van der Waals surface area (Å²) < 4.78 is 0. The van der Waals surface area contributed by atoms with Crippen molar-refractivity contribution in [2.75, 3.05) is 0 Å². The van der Waals surface area contributed by atoms with Crippen LogP contribution in [0.2, 0.25) is 0 Å². The highest BCUT2D eigenvalue weighted by molar-refractivity contribution is 5.97. The number of aliphatic carboxylic acids is 2. The highest BCUT2D eigenvalue weighted by atomic mass is 16.4. The van der Waals surface area contributed by atoms with E-state index in [9.17, 15) is 9.59 Å². The van der Waals surface area contributed by atoms with Gasteiger partial charge in [0, 0.05) is 0 Å². The van der Waals surface area contributed by atoms with Crippen molar-refractivity contribution in [3.05, 3.63) is 48.1 Å². The Bertz CT molecular complexity index is 426. The molecule has 0 spiro atoms. The van der Waals surface area contributed by atoms with Gasteiger partial charge in [-0.05, 0) is 22.8 Å². The van der Waals surface area contributed by atoms with E-state index in [4.69, 9.17) is 10.2 Å². The summed E-state index contributed by atoms with van der Waals surface area (Å²) in [6.07, 6.45) is 1.22. The van der Waals surface area contributed by atoms with Crippen LogP contribution in [-0.4, -0.2) is 22.2 Å². The van der Waals surface area contributed by atoms with Crippen molar-refractivity contribution in [1.29, 1.82) is 0 Å². The lowest BCUT2D eigenvalue weighted by Gasteiger charge is -2.23. The van der Waals surface area contributed by atoms with Gasteiger partial charge in [-0.15, -0.1) is 0 Å². The minimum Gasteiger partial charge on any atom is -0.481 e. The van der Waals surface area contributed by atoms with Gasteiger partial charge in [0.1, 0.15) is 5.92 Å². The Hall–Kier alpha value is -2.10. The van der Waals surface area contributed by atoms with E-state index < -0.39 is 17.9 Å². The van der Waals surface area contributed by atoms with Crippen LogP contribution in [-0.2, 0) is 9.59 Å². The van der Waals surface area contributed by atoms with Crippen LogP contribution >= 0.6 is 0 Å². The maximum absolute atomic E-state index is 10.9. The van der Waals surface area contributed by atoms with E-state index in [1.807, 2.05) is 0 Å². The van der Waals surface area contributed by atoms with Gasteiger partial charge >= 0.3 is 11.9 Å². The average Bonchev–Trinajstić information content (AvgIpc) is 2.10. The van der Waals surface area contributed by atoms with Gasteiger partial charge in [-0.25, -0.2) is 4.79 Å². The molecule has 0 aromatic carbocycles. The molecule has 4 nitrogen and oxygen atoms in total. The highest BCUT2D eigenvalue weighted by Gasteiger charge is 2.32. The summed E-state index contributed by atoms with van der Waals surface area (Å²) in [6.45, 7) is 10.6. The molecule has 1 rings (SSSR count). The van der Waals surface area contributed by atoms with E-state index in [1.165, 1.54) is 6.08 Å². The Balaban J connectivity index is 3.26. The molecule has 4 heteroatoms. The maximum atomic E-state index is 10.9. The molecule has 1 atom stereocenters. The van der Waals surface area contributed by atoms with Crippen LogP contribution in [0.25, 0.3) is 0 Å². The Morgan fingerprint density at radius 3 is 2.13 bits per heavy atom. The zero-order valence-corrected chi connectivity index (χ0v) is 7.99. The third-order valence-electron chi connectivity index (χ3n) is 2.24. The number of carboxylic acid groups (broad SMARTS) is 2. The molecule has 0 aromatic rings. The number of carbonyl (C=O) groups is 2. The number of allylic oxidation sites excluding steroid dienone is 1. The molecule has 0 fully saturated rings. The molecule has 0 aromatic heterocycles. The Kier molecular flexibility index (Phi) is 2.61. The minimum absolute atomic E-state index is 0.0532. The van der Waals surface area contributed by atoms with Crippen LogP contribution in [0, 0.1) is 5.92 Å². The van der Waals surface area contributed by atoms with Gasteiger partial charge in [0.25, 0.3) is 0 Å². The van der Waals surface area contributed by atoms with Crippen molar-refractivity contribution in [1.82, 2.24) is 0 Å². The van der Waals surface area contributed by atoms with E-state index >= 15 is 0 Å². The Morgan fingerprint density at radius 1 is 1.20 bits per heavy atom. The Labute approximate surface area is 86.5 Å². The molecule has 0 saturated carbocycles. The molecule has 1 aliphatic rings. The second-order valence-electron chi connectivity index (χ2n) is 3.21. The summed E-state index contributed by atoms with van der Waals surface area (Å²) in [5.74, 6) is -3.24. The van der Waals surface area contributed by atoms with Crippen LogP contribution < -0.4 is 0 Å². The van der Waals surface area contributed by atoms with Gasteiger partial charge < -0.3 is 10.2 Å². The lowest BCUT2D eigenvalue weighted by Crippen LogP contribution is -2.24. The van der Waals surface area contributed by atoms with Crippen LogP contribution in [0.15, 0.2) is 48.1 Å². The average molecular weight is 206 g/mol. The zero-order valence-electron chi connectivity index (χ0n) is 7.99. The van der Waals surface area contributed by atoms with Gasteiger partial charge in [0.05, 0.1) is 5.57 Å². The topological polar surface area (TPSA) is 74.6 Å². The summed E-state index contributed by atoms with van der Waals surface area (Å²) in [7, 11) is 0. The molecule has 0 radical (unpaired) electrons. The van der Waals surface area contributed by atoms with E-state index in [0.717, 1.165) is 0 Å². The van der Waals surface area contributed by atoms with Gasteiger partial charge in [-0.1, -0.05) is 19.7 Å². The number of hydrogen-bond donors (Lipinski definition) is 2. The van der Waals surface area contributed by atoms with E-state index in [0.29, 0.717) is 0 Å². The largest absolute Gasteiger partial charge is 0.481 e. The molecular formula is C11H10O4. The summed E-state index contributed by atoms with van der Waals surface area (Å²) in [6, 6.07) is 0. The van der Waals surface area contributed by atoms with E-state index in [-0.39, 0.29) is 22.3 Å². The number of hydrogen-bond acceptors (Lipinski definition) is 2. The smallest absolute Gasteiger partial charge is 0.336 e. The van der Waals surface area contributed by atoms with Gasteiger partial charge in [0.15, 0.2) is 0 Å². The van der Waals surface area contributed by atoms with Crippen molar-refractivity contribution in [3.8, 4) is 0 Å². The highest BCUT2D eigenvalue weighted by Crippen LogP contribution is 2.34. The molecule has 0 aliphatic heterocycles.